The Balaban J connectivity index is 2.04. The largest absolute Gasteiger partial charge is 0.397 e. The zero-order valence-electron chi connectivity index (χ0n) is 10.0. The van der Waals surface area contributed by atoms with E-state index in [0.29, 0.717) is 11.4 Å². The average molecular weight is 274 g/mol. The molecule has 0 atom stereocenters. The molecule has 7 heteroatoms. The van der Waals surface area contributed by atoms with Gasteiger partial charge in [-0.05, 0) is 24.3 Å². The summed E-state index contributed by atoms with van der Waals surface area (Å²) in [7, 11) is 0. The standard InChI is InChI=1S/C13H8F2N4O/c14-8-4-7(5-9(15)6-8)12-18-13(20-19-12)11-10(16)2-1-3-17-11/h1-6H,16H2. The first-order chi connectivity index (χ1) is 9.63. The van der Waals surface area contributed by atoms with Gasteiger partial charge in [-0.25, -0.2) is 13.8 Å². The maximum absolute atomic E-state index is 13.1. The van der Waals surface area contributed by atoms with E-state index in [1.807, 2.05) is 0 Å². The van der Waals surface area contributed by atoms with Crippen LogP contribution in [0.25, 0.3) is 23.0 Å². The van der Waals surface area contributed by atoms with Crippen LogP contribution in [0.15, 0.2) is 41.1 Å². The van der Waals surface area contributed by atoms with Crippen LogP contribution in [0.4, 0.5) is 14.5 Å². The first kappa shape index (κ1) is 12.2. The van der Waals surface area contributed by atoms with Crippen LogP contribution in [0.1, 0.15) is 0 Å². The van der Waals surface area contributed by atoms with Crippen LogP contribution in [-0.2, 0) is 0 Å². The van der Waals surface area contributed by atoms with Gasteiger partial charge in [0.1, 0.15) is 11.6 Å². The molecule has 0 bridgehead atoms. The third-order valence-electron chi connectivity index (χ3n) is 2.59. The van der Waals surface area contributed by atoms with E-state index in [1.165, 1.54) is 6.20 Å². The van der Waals surface area contributed by atoms with Gasteiger partial charge in [0.2, 0.25) is 5.82 Å². The number of anilines is 1. The van der Waals surface area contributed by atoms with E-state index < -0.39 is 11.6 Å². The summed E-state index contributed by atoms with van der Waals surface area (Å²) in [6.07, 6.45) is 1.53. The molecule has 0 saturated carbocycles. The van der Waals surface area contributed by atoms with Gasteiger partial charge < -0.3 is 10.3 Å². The molecule has 20 heavy (non-hydrogen) atoms. The molecule has 5 nitrogen and oxygen atoms in total. The van der Waals surface area contributed by atoms with Crippen LogP contribution in [0.5, 0.6) is 0 Å². The highest BCUT2D eigenvalue weighted by atomic mass is 19.1. The summed E-state index contributed by atoms with van der Waals surface area (Å²) in [5.41, 5.74) is 6.60. The molecule has 0 aliphatic heterocycles. The monoisotopic (exact) mass is 274 g/mol. The molecule has 0 aliphatic carbocycles. The average Bonchev–Trinajstić information content (AvgIpc) is 2.87. The van der Waals surface area contributed by atoms with E-state index in [1.54, 1.807) is 12.1 Å². The van der Waals surface area contributed by atoms with Crippen LogP contribution in [0, 0.1) is 11.6 Å². The molecule has 3 aromatic rings. The Kier molecular flexibility index (Phi) is 2.86. The molecule has 0 spiro atoms. The number of nitrogens with two attached hydrogens (primary N) is 1. The van der Waals surface area contributed by atoms with Gasteiger partial charge in [-0.1, -0.05) is 5.16 Å². The highest BCUT2D eigenvalue weighted by molar-refractivity contribution is 5.67. The van der Waals surface area contributed by atoms with E-state index in [0.717, 1.165) is 18.2 Å². The predicted molar refractivity (Wildman–Crippen MR) is 67.3 cm³/mol. The molecule has 2 N–H and O–H groups in total. The highest BCUT2D eigenvalue weighted by Crippen LogP contribution is 2.25. The van der Waals surface area contributed by atoms with Gasteiger partial charge in [0, 0.05) is 17.8 Å². The number of benzene rings is 1. The zero-order valence-corrected chi connectivity index (χ0v) is 10.0. The van der Waals surface area contributed by atoms with Crippen molar-refractivity contribution in [3.8, 4) is 23.0 Å². The molecule has 0 amide bonds. The molecule has 2 heterocycles. The van der Waals surface area contributed by atoms with Crippen molar-refractivity contribution >= 4 is 5.69 Å². The fourth-order valence-corrected chi connectivity index (χ4v) is 1.72. The summed E-state index contributed by atoms with van der Waals surface area (Å²) in [5, 5.41) is 3.67. The molecule has 0 radical (unpaired) electrons. The molecule has 3 rings (SSSR count). The molecular weight excluding hydrogens is 266 g/mol. The van der Waals surface area contributed by atoms with Crippen LogP contribution in [0.2, 0.25) is 0 Å². The molecule has 100 valence electrons. The number of nitrogen functional groups attached to an aromatic ring is 1. The normalized spacial score (nSPS) is 10.7. The van der Waals surface area contributed by atoms with E-state index in [9.17, 15) is 8.78 Å². The summed E-state index contributed by atoms with van der Waals surface area (Å²) in [5.74, 6) is -1.29. The van der Waals surface area contributed by atoms with Gasteiger partial charge in [0.05, 0.1) is 5.69 Å². The molecule has 0 unspecified atom stereocenters. The first-order valence-electron chi connectivity index (χ1n) is 5.64. The Bertz CT molecular complexity index is 752. The van der Waals surface area contributed by atoms with Gasteiger partial charge in [0.25, 0.3) is 5.89 Å². The van der Waals surface area contributed by atoms with E-state index in [2.05, 4.69) is 15.1 Å². The van der Waals surface area contributed by atoms with Crippen LogP contribution < -0.4 is 5.73 Å². The lowest BCUT2D eigenvalue weighted by Crippen LogP contribution is -1.92. The lowest BCUT2D eigenvalue weighted by atomic mass is 10.2. The van der Waals surface area contributed by atoms with Gasteiger partial charge in [-0.2, -0.15) is 4.98 Å². The van der Waals surface area contributed by atoms with Crippen molar-refractivity contribution in [3.63, 3.8) is 0 Å². The molecule has 0 fully saturated rings. The quantitative estimate of drug-likeness (QED) is 0.777. The summed E-state index contributed by atoms with van der Waals surface area (Å²) in [6, 6.07) is 6.28. The number of halogens is 2. The predicted octanol–water partition coefficient (Wildman–Crippen LogP) is 2.66. The van der Waals surface area contributed by atoms with Crippen molar-refractivity contribution in [3.05, 3.63) is 48.2 Å². The summed E-state index contributed by atoms with van der Waals surface area (Å²) >= 11 is 0. The van der Waals surface area contributed by atoms with Crippen molar-refractivity contribution in [2.24, 2.45) is 0 Å². The van der Waals surface area contributed by atoms with Crippen molar-refractivity contribution in [1.29, 1.82) is 0 Å². The Morgan fingerprint density at radius 3 is 2.55 bits per heavy atom. The number of hydrogen-bond donors (Lipinski definition) is 1. The zero-order chi connectivity index (χ0) is 14.1. The Hall–Kier alpha value is -2.83. The second-order valence-corrected chi connectivity index (χ2v) is 4.02. The second-order valence-electron chi connectivity index (χ2n) is 4.02. The smallest absolute Gasteiger partial charge is 0.278 e. The molecular formula is C13H8F2N4O. The third kappa shape index (κ3) is 2.20. The maximum Gasteiger partial charge on any atom is 0.278 e. The molecule has 2 aromatic heterocycles. The van der Waals surface area contributed by atoms with Crippen LogP contribution in [0.3, 0.4) is 0 Å². The summed E-state index contributed by atoms with van der Waals surface area (Å²) in [6.45, 7) is 0. The van der Waals surface area contributed by atoms with Crippen molar-refractivity contribution in [2.45, 2.75) is 0 Å². The van der Waals surface area contributed by atoms with Gasteiger partial charge in [-0.15, -0.1) is 0 Å². The van der Waals surface area contributed by atoms with Crippen molar-refractivity contribution < 1.29 is 13.3 Å². The van der Waals surface area contributed by atoms with Gasteiger partial charge in [0.15, 0.2) is 5.69 Å². The number of nitrogens with zero attached hydrogens (tertiary/aromatic N) is 3. The highest BCUT2D eigenvalue weighted by Gasteiger charge is 2.15. The minimum atomic E-state index is -0.719. The molecule has 0 aliphatic rings. The number of pyridine rings is 1. The summed E-state index contributed by atoms with van der Waals surface area (Å²) in [4.78, 5) is 8.06. The third-order valence-corrected chi connectivity index (χ3v) is 2.59. The SMILES string of the molecule is Nc1cccnc1-c1nc(-c2cc(F)cc(F)c2)no1. The van der Waals surface area contributed by atoms with Gasteiger partial charge >= 0.3 is 0 Å². The summed E-state index contributed by atoms with van der Waals surface area (Å²) < 4.78 is 31.3. The second kappa shape index (κ2) is 4.69. The van der Waals surface area contributed by atoms with E-state index >= 15 is 0 Å². The topological polar surface area (TPSA) is 77.8 Å². The molecule has 1 aromatic carbocycles. The van der Waals surface area contributed by atoms with E-state index in [4.69, 9.17) is 10.3 Å². The Morgan fingerprint density at radius 2 is 1.85 bits per heavy atom. The van der Waals surface area contributed by atoms with Gasteiger partial charge in [-0.3, -0.25) is 0 Å². The number of hydrogen-bond acceptors (Lipinski definition) is 5. The fraction of sp³-hybridized carbons (Fsp3) is 0. The minimum absolute atomic E-state index is 0.0588. The first-order valence-corrected chi connectivity index (χ1v) is 5.64. The van der Waals surface area contributed by atoms with E-state index in [-0.39, 0.29) is 17.3 Å². The lowest BCUT2D eigenvalue weighted by Gasteiger charge is -1.97. The fourth-order valence-electron chi connectivity index (χ4n) is 1.72. The Labute approximate surface area is 112 Å². The Morgan fingerprint density at radius 1 is 1.10 bits per heavy atom. The number of aromatic nitrogens is 3. The molecule has 0 saturated heterocycles. The van der Waals surface area contributed by atoms with Crippen molar-refractivity contribution in [2.75, 3.05) is 5.73 Å². The van der Waals surface area contributed by atoms with Crippen molar-refractivity contribution in [1.82, 2.24) is 15.1 Å². The minimum Gasteiger partial charge on any atom is -0.397 e. The maximum atomic E-state index is 13.1. The van der Waals surface area contributed by atoms with Crippen LogP contribution >= 0.6 is 0 Å². The lowest BCUT2D eigenvalue weighted by molar-refractivity contribution is 0.431. The van der Waals surface area contributed by atoms with Crippen LogP contribution in [-0.4, -0.2) is 15.1 Å². The number of rotatable bonds is 2.